The minimum Gasteiger partial charge on any atom is -0.447 e. The van der Waals surface area contributed by atoms with E-state index in [1.54, 1.807) is 32.2 Å². The summed E-state index contributed by atoms with van der Waals surface area (Å²) in [5, 5.41) is 2.64. The Balaban J connectivity index is 1.40. The van der Waals surface area contributed by atoms with E-state index in [1.165, 1.54) is 12.1 Å². The topological polar surface area (TPSA) is 66.9 Å². The van der Waals surface area contributed by atoms with Crippen molar-refractivity contribution in [3.8, 4) is 5.75 Å². The van der Waals surface area contributed by atoms with Crippen molar-refractivity contribution >= 4 is 17.6 Å². The van der Waals surface area contributed by atoms with Gasteiger partial charge in [-0.15, -0.1) is 13.2 Å². The van der Waals surface area contributed by atoms with E-state index >= 15 is 0 Å². The number of alkyl halides is 3. The quantitative estimate of drug-likeness (QED) is 0.685. The second-order valence-electron chi connectivity index (χ2n) is 8.43. The molecule has 1 aromatic carbocycles. The van der Waals surface area contributed by atoms with Crippen molar-refractivity contribution in [2.24, 2.45) is 0 Å². The van der Waals surface area contributed by atoms with Gasteiger partial charge in [-0.05, 0) is 68.7 Å². The van der Waals surface area contributed by atoms with Gasteiger partial charge in [-0.1, -0.05) is 0 Å². The van der Waals surface area contributed by atoms with Crippen molar-refractivity contribution in [1.82, 2.24) is 9.88 Å². The van der Waals surface area contributed by atoms with Crippen molar-refractivity contribution in [2.75, 3.05) is 23.4 Å². The third kappa shape index (κ3) is 5.42. The van der Waals surface area contributed by atoms with Crippen molar-refractivity contribution in [2.45, 2.75) is 51.2 Å². The lowest BCUT2D eigenvalue weighted by atomic mass is 10.2. The molecule has 1 N–H and O–H groups in total. The van der Waals surface area contributed by atoms with Crippen LogP contribution in [-0.4, -0.2) is 47.2 Å². The van der Waals surface area contributed by atoms with Crippen molar-refractivity contribution < 1.29 is 27.4 Å². The summed E-state index contributed by atoms with van der Waals surface area (Å²) < 4.78 is 46.2. The minimum absolute atomic E-state index is 0.0641. The molecule has 0 unspecified atom stereocenters. The van der Waals surface area contributed by atoms with E-state index in [0.29, 0.717) is 19.0 Å². The largest absolute Gasteiger partial charge is 0.573 e. The van der Waals surface area contributed by atoms with E-state index in [-0.39, 0.29) is 17.4 Å². The fourth-order valence-electron chi connectivity index (χ4n) is 3.94. The smallest absolute Gasteiger partial charge is 0.447 e. The number of carbonyl (C=O) groups excluding carboxylic acids is 1. The number of nitrogens with zero attached hydrogens (tertiary/aromatic N) is 3. The SMILES string of the molecule is CC(C)OC(=O)Nc1cc(CN2CN(c3ccc(OC(F)(F)F)cc3)CC23CC3)ccn1. The predicted molar refractivity (Wildman–Crippen MR) is 112 cm³/mol. The van der Waals surface area contributed by atoms with Gasteiger partial charge in [-0.25, -0.2) is 9.78 Å². The Morgan fingerprint density at radius 2 is 1.94 bits per heavy atom. The number of halogens is 3. The molecule has 2 fully saturated rings. The second kappa shape index (κ2) is 8.50. The van der Waals surface area contributed by atoms with Crippen LogP contribution in [-0.2, 0) is 11.3 Å². The third-order valence-corrected chi connectivity index (χ3v) is 5.53. The van der Waals surface area contributed by atoms with Gasteiger partial charge in [0.2, 0.25) is 0 Å². The number of anilines is 2. The molecule has 1 saturated carbocycles. The van der Waals surface area contributed by atoms with Crippen LogP contribution in [0.5, 0.6) is 5.75 Å². The van der Waals surface area contributed by atoms with Crippen LogP contribution in [0.2, 0.25) is 0 Å². The molecular formula is C22H25F3N4O3. The van der Waals surface area contributed by atoms with Gasteiger partial charge in [-0.2, -0.15) is 0 Å². The summed E-state index contributed by atoms with van der Waals surface area (Å²) in [5.41, 5.74) is 1.91. The van der Waals surface area contributed by atoms with Gasteiger partial charge in [0.25, 0.3) is 0 Å². The number of ether oxygens (including phenoxy) is 2. The summed E-state index contributed by atoms with van der Waals surface area (Å²) in [6.45, 7) is 5.68. The zero-order chi connectivity index (χ0) is 22.9. The highest BCUT2D eigenvalue weighted by Crippen LogP contribution is 2.48. The number of nitrogens with one attached hydrogen (secondary N) is 1. The summed E-state index contributed by atoms with van der Waals surface area (Å²) in [4.78, 5) is 20.5. The van der Waals surface area contributed by atoms with Crippen LogP contribution in [0.3, 0.4) is 0 Å². The highest BCUT2D eigenvalue weighted by Gasteiger charge is 2.53. The maximum absolute atomic E-state index is 12.4. The normalized spacial score (nSPS) is 17.6. The zero-order valence-electron chi connectivity index (χ0n) is 17.9. The van der Waals surface area contributed by atoms with Gasteiger partial charge < -0.3 is 14.4 Å². The molecule has 2 heterocycles. The molecule has 1 saturated heterocycles. The number of aromatic nitrogens is 1. The number of hydrogen-bond donors (Lipinski definition) is 1. The standard InChI is InChI=1S/C22H25F3N4O3/c1-15(2)31-20(30)27-19-11-16(7-10-26-19)12-29-14-28(13-21(29)8-9-21)17-3-5-18(6-4-17)32-22(23,24)25/h3-7,10-11,15H,8-9,12-14H2,1-2H3,(H,26,27,30). The molecule has 0 bridgehead atoms. The highest BCUT2D eigenvalue weighted by atomic mass is 19.4. The van der Waals surface area contributed by atoms with Crippen LogP contribution in [0.25, 0.3) is 0 Å². The fourth-order valence-corrected chi connectivity index (χ4v) is 3.94. The minimum atomic E-state index is -4.70. The van der Waals surface area contributed by atoms with Gasteiger partial charge in [-0.3, -0.25) is 10.2 Å². The van der Waals surface area contributed by atoms with Gasteiger partial charge in [0.05, 0.1) is 12.8 Å². The molecular weight excluding hydrogens is 425 g/mol. The number of hydrogen-bond acceptors (Lipinski definition) is 6. The van der Waals surface area contributed by atoms with Gasteiger partial charge in [0.15, 0.2) is 0 Å². The maximum atomic E-state index is 12.4. The van der Waals surface area contributed by atoms with Crippen LogP contribution in [0.15, 0.2) is 42.6 Å². The Labute approximate surface area is 184 Å². The Kier molecular flexibility index (Phi) is 5.89. The van der Waals surface area contributed by atoms with E-state index in [0.717, 1.165) is 30.6 Å². The molecule has 2 aromatic rings. The van der Waals surface area contributed by atoms with E-state index in [9.17, 15) is 18.0 Å². The Hall–Kier alpha value is -3.01. The first kappa shape index (κ1) is 22.2. The number of benzene rings is 1. The Morgan fingerprint density at radius 3 is 2.56 bits per heavy atom. The van der Waals surface area contributed by atoms with Crippen molar-refractivity contribution in [1.29, 1.82) is 0 Å². The molecule has 1 spiro atoms. The van der Waals surface area contributed by atoms with Crippen molar-refractivity contribution in [3.05, 3.63) is 48.2 Å². The Morgan fingerprint density at radius 1 is 1.22 bits per heavy atom. The molecule has 0 radical (unpaired) electrons. The average Bonchev–Trinajstić information content (AvgIpc) is 3.37. The van der Waals surface area contributed by atoms with E-state index in [4.69, 9.17) is 4.74 Å². The number of amides is 1. The predicted octanol–water partition coefficient (Wildman–Crippen LogP) is 4.75. The number of rotatable bonds is 6. The monoisotopic (exact) mass is 450 g/mol. The second-order valence-corrected chi connectivity index (χ2v) is 8.43. The summed E-state index contributed by atoms with van der Waals surface area (Å²) >= 11 is 0. The molecule has 10 heteroatoms. The molecule has 2 aliphatic rings. The molecule has 1 aliphatic carbocycles. The first-order chi connectivity index (χ1) is 15.1. The lowest BCUT2D eigenvalue weighted by molar-refractivity contribution is -0.274. The van der Waals surface area contributed by atoms with Crippen molar-refractivity contribution in [3.63, 3.8) is 0 Å². The lowest BCUT2D eigenvalue weighted by Crippen LogP contribution is -2.32. The first-order valence-electron chi connectivity index (χ1n) is 10.4. The van der Waals surface area contributed by atoms with E-state index in [1.807, 2.05) is 12.1 Å². The summed E-state index contributed by atoms with van der Waals surface area (Å²) in [7, 11) is 0. The lowest BCUT2D eigenvalue weighted by Gasteiger charge is -2.23. The first-order valence-corrected chi connectivity index (χ1v) is 10.4. The van der Waals surface area contributed by atoms with Crippen LogP contribution in [0.1, 0.15) is 32.3 Å². The molecule has 1 amide bonds. The summed E-state index contributed by atoms with van der Waals surface area (Å²) in [6.07, 6.45) is -1.70. The van der Waals surface area contributed by atoms with E-state index in [2.05, 4.69) is 24.8 Å². The molecule has 172 valence electrons. The molecule has 7 nitrogen and oxygen atoms in total. The molecule has 0 atom stereocenters. The molecule has 32 heavy (non-hydrogen) atoms. The summed E-state index contributed by atoms with van der Waals surface area (Å²) in [5.74, 6) is 0.195. The zero-order valence-corrected chi connectivity index (χ0v) is 17.9. The van der Waals surface area contributed by atoms with Gasteiger partial charge in [0.1, 0.15) is 11.6 Å². The molecule has 1 aromatic heterocycles. The third-order valence-electron chi connectivity index (χ3n) is 5.53. The molecule has 4 rings (SSSR count). The maximum Gasteiger partial charge on any atom is 0.573 e. The Bertz CT molecular complexity index is 962. The number of pyridine rings is 1. The summed E-state index contributed by atoms with van der Waals surface area (Å²) in [6, 6.07) is 9.69. The van der Waals surface area contributed by atoms with Gasteiger partial charge >= 0.3 is 12.5 Å². The molecule has 1 aliphatic heterocycles. The number of carbonyl (C=O) groups is 1. The highest BCUT2D eigenvalue weighted by molar-refractivity contribution is 5.83. The fraction of sp³-hybridized carbons (Fsp3) is 0.455. The van der Waals surface area contributed by atoms with Crippen LogP contribution < -0.4 is 15.0 Å². The van der Waals surface area contributed by atoms with Crippen LogP contribution in [0.4, 0.5) is 29.5 Å². The van der Waals surface area contributed by atoms with Crippen LogP contribution in [0, 0.1) is 0 Å². The average molecular weight is 450 g/mol. The van der Waals surface area contributed by atoms with Gasteiger partial charge in [0, 0.05) is 30.5 Å². The van der Waals surface area contributed by atoms with Crippen LogP contribution >= 0.6 is 0 Å². The van der Waals surface area contributed by atoms with E-state index < -0.39 is 12.5 Å².